The molecule has 0 saturated carbocycles. The third kappa shape index (κ3) is 15.0. The highest BCUT2D eigenvalue weighted by molar-refractivity contribution is 5.76. The van der Waals surface area contributed by atoms with Gasteiger partial charge in [0.1, 0.15) is 0 Å². The number of rotatable bonds is 17. The van der Waals surface area contributed by atoms with Crippen LogP contribution in [-0.2, 0) is 4.79 Å². The number of carbonyl (C=O) groups excluding carboxylic acids is 1. The fourth-order valence-electron chi connectivity index (χ4n) is 3.12. The Kier molecular flexibility index (Phi) is 17.6. The molecule has 0 atom stereocenters. The van der Waals surface area contributed by atoms with Crippen LogP contribution < -0.4 is 0 Å². The maximum absolute atomic E-state index is 12.4. The smallest absolute Gasteiger partial charge is 0.222 e. The summed E-state index contributed by atoms with van der Waals surface area (Å²) in [5, 5.41) is 8.48. The lowest BCUT2D eigenvalue weighted by Gasteiger charge is -2.27. The molecule has 0 heterocycles. The van der Waals surface area contributed by atoms with E-state index in [4.69, 9.17) is 5.26 Å². The van der Waals surface area contributed by atoms with Gasteiger partial charge in [-0.2, -0.15) is 5.26 Å². The number of amides is 1. The summed E-state index contributed by atoms with van der Waals surface area (Å²) in [5.41, 5.74) is 0. The number of nitriles is 1. The van der Waals surface area contributed by atoms with Gasteiger partial charge >= 0.3 is 0 Å². The van der Waals surface area contributed by atoms with Crippen LogP contribution in [0.2, 0.25) is 0 Å². The molecule has 0 aliphatic carbocycles. The van der Waals surface area contributed by atoms with Crippen LogP contribution in [0.25, 0.3) is 0 Å². The minimum Gasteiger partial charge on any atom is -0.340 e. The molecule has 0 aromatic rings. The van der Waals surface area contributed by atoms with Crippen LogP contribution in [0.4, 0.5) is 0 Å². The summed E-state index contributed by atoms with van der Waals surface area (Å²) >= 11 is 0. The highest BCUT2D eigenvalue weighted by atomic mass is 16.2. The summed E-state index contributed by atoms with van der Waals surface area (Å²) in [6.45, 7) is 7.35. The first-order valence-electron chi connectivity index (χ1n) is 10.9. The van der Waals surface area contributed by atoms with E-state index in [2.05, 4.69) is 43.9 Å². The van der Waals surface area contributed by atoms with Crippen LogP contribution in [-0.4, -0.2) is 23.4 Å². The molecule has 0 fully saturated rings. The van der Waals surface area contributed by atoms with Gasteiger partial charge < -0.3 is 4.90 Å². The molecule has 1 amide bonds. The van der Waals surface area contributed by atoms with E-state index in [1.165, 1.54) is 38.5 Å². The lowest BCUT2D eigenvalue weighted by molar-refractivity contribution is -0.133. The van der Waals surface area contributed by atoms with Crippen molar-refractivity contribution in [1.29, 1.82) is 5.26 Å². The van der Waals surface area contributed by atoms with Crippen LogP contribution in [0.15, 0.2) is 12.2 Å². The molecule has 26 heavy (non-hydrogen) atoms. The first-order chi connectivity index (χ1) is 12.6. The molecule has 0 spiro atoms. The molecule has 0 rings (SSSR count). The van der Waals surface area contributed by atoms with Crippen molar-refractivity contribution in [1.82, 2.24) is 4.90 Å². The van der Waals surface area contributed by atoms with E-state index in [1.807, 2.05) is 0 Å². The van der Waals surface area contributed by atoms with Gasteiger partial charge in [-0.15, -0.1) is 0 Å². The van der Waals surface area contributed by atoms with Crippen molar-refractivity contribution in [3.8, 4) is 6.07 Å². The van der Waals surface area contributed by atoms with Gasteiger partial charge in [-0.05, 0) is 58.8 Å². The van der Waals surface area contributed by atoms with Gasteiger partial charge in [0.05, 0.1) is 6.07 Å². The van der Waals surface area contributed by atoms with Gasteiger partial charge in [0.25, 0.3) is 0 Å². The first kappa shape index (κ1) is 24.7. The van der Waals surface area contributed by atoms with Gasteiger partial charge in [-0.25, -0.2) is 0 Å². The van der Waals surface area contributed by atoms with E-state index in [9.17, 15) is 4.79 Å². The monoisotopic (exact) mass is 362 g/mol. The Labute approximate surface area is 162 Å². The maximum Gasteiger partial charge on any atom is 0.222 e. The molecule has 0 saturated heterocycles. The molecular formula is C23H42N2O. The van der Waals surface area contributed by atoms with E-state index in [-0.39, 0.29) is 0 Å². The normalized spacial score (nSPS) is 11.2. The van der Waals surface area contributed by atoms with Crippen molar-refractivity contribution in [2.75, 3.05) is 6.54 Å². The molecule has 0 radical (unpaired) electrons. The molecular weight excluding hydrogens is 320 g/mol. The summed E-state index contributed by atoms with van der Waals surface area (Å²) in [6.07, 6.45) is 19.9. The van der Waals surface area contributed by atoms with Crippen LogP contribution in [0.1, 0.15) is 111 Å². The molecule has 0 N–H and O–H groups in total. The second-order valence-corrected chi connectivity index (χ2v) is 7.57. The number of nitrogens with zero attached hydrogens (tertiary/aromatic N) is 2. The largest absolute Gasteiger partial charge is 0.340 e. The predicted octanol–water partition coefficient (Wildman–Crippen LogP) is 6.78. The van der Waals surface area contributed by atoms with E-state index >= 15 is 0 Å². The fourth-order valence-corrected chi connectivity index (χ4v) is 3.12. The summed E-state index contributed by atoms with van der Waals surface area (Å²) in [5.74, 6) is 0.336. The molecule has 0 aliphatic heterocycles. The van der Waals surface area contributed by atoms with E-state index < -0.39 is 0 Å². The van der Waals surface area contributed by atoms with Crippen molar-refractivity contribution < 1.29 is 4.79 Å². The molecule has 0 aromatic heterocycles. The van der Waals surface area contributed by atoms with E-state index in [1.54, 1.807) is 0 Å². The quantitative estimate of drug-likeness (QED) is 0.211. The lowest BCUT2D eigenvalue weighted by Crippen LogP contribution is -2.37. The highest BCUT2D eigenvalue weighted by Gasteiger charge is 2.15. The number of carbonyl (C=O) groups is 1. The molecule has 0 bridgehead atoms. The van der Waals surface area contributed by atoms with Gasteiger partial charge in [0.2, 0.25) is 5.91 Å². The van der Waals surface area contributed by atoms with E-state index in [0.717, 1.165) is 45.1 Å². The Morgan fingerprint density at radius 1 is 0.923 bits per heavy atom. The van der Waals surface area contributed by atoms with Crippen molar-refractivity contribution in [2.24, 2.45) is 0 Å². The number of allylic oxidation sites excluding steroid dienone is 2. The van der Waals surface area contributed by atoms with Gasteiger partial charge in [-0.1, -0.05) is 51.2 Å². The average Bonchev–Trinajstić information content (AvgIpc) is 2.62. The number of unbranched alkanes of at least 4 members (excludes halogenated alkanes) is 10. The summed E-state index contributed by atoms with van der Waals surface area (Å²) in [6, 6.07) is 2.51. The fraction of sp³-hybridized carbons (Fsp3) is 0.826. The van der Waals surface area contributed by atoms with E-state index in [0.29, 0.717) is 24.8 Å². The summed E-state index contributed by atoms with van der Waals surface area (Å²) in [4.78, 5) is 14.4. The molecule has 0 aromatic carbocycles. The van der Waals surface area contributed by atoms with Crippen LogP contribution in [0, 0.1) is 11.3 Å². The average molecular weight is 363 g/mol. The number of hydrogen-bond donors (Lipinski definition) is 0. The second-order valence-electron chi connectivity index (χ2n) is 7.57. The minimum atomic E-state index is 0.310. The second kappa shape index (κ2) is 18.5. The standard InChI is InChI=1S/C23H42N2O/c1-4-5-6-16-19-23(26)25(22(2)3)21-18-15-13-11-9-7-8-10-12-14-17-20-24/h9,11,22H,4-8,10,12-19,21H2,1-3H3/b11-9-. The summed E-state index contributed by atoms with van der Waals surface area (Å²) in [7, 11) is 0. The molecule has 150 valence electrons. The van der Waals surface area contributed by atoms with Gasteiger partial charge in [0.15, 0.2) is 0 Å². The Morgan fingerprint density at radius 3 is 2.15 bits per heavy atom. The maximum atomic E-state index is 12.4. The van der Waals surface area contributed by atoms with Crippen LogP contribution in [0.5, 0.6) is 0 Å². The SMILES string of the molecule is CCCCCCC(=O)N(CCCC/C=C\CCCCCCC#N)C(C)C. The van der Waals surface area contributed by atoms with Crippen LogP contribution >= 0.6 is 0 Å². The topological polar surface area (TPSA) is 44.1 Å². The van der Waals surface area contributed by atoms with Crippen molar-refractivity contribution in [3.05, 3.63) is 12.2 Å². The van der Waals surface area contributed by atoms with Gasteiger partial charge in [0, 0.05) is 25.4 Å². The Hall–Kier alpha value is -1.30. The zero-order valence-corrected chi connectivity index (χ0v) is 17.6. The molecule has 0 unspecified atom stereocenters. The van der Waals surface area contributed by atoms with Crippen molar-refractivity contribution in [3.63, 3.8) is 0 Å². The first-order valence-corrected chi connectivity index (χ1v) is 10.9. The third-order valence-electron chi connectivity index (χ3n) is 4.78. The zero-order valence-electron chi connectivity index (χ0n) is 17.6. The van der Waals surface area contributed by atoms with Gasteiger partial charge in [-0.3, -0.25) is 4.79 Å². The molecule has 3 nitrogen and oxygen atoms in total. The molecule has 3 heteroatoms. The lowest BCUT2D eigenvalue weighted by atomic mass is 10.1. The Bertz CT molecular complexity index is 396. The highest BCUT2D eigenvalue weighted by Crippen LogP contribution is 2.11. The Morgan fingerprint density at radius 2 is 1.54 bits per heavy atom. The molecule has 0 aliphatic rings. The third-order valence-corrected chi connectivity index (χ3v) is 4.78. The Balaban J connectivity index is 3.72. The van der Waals surface area contributed by atoms with Crippen molar-refractivity contribution in [2.45, 2.75) is 117 Å². The number of hydrogen-bond acceptors (Lipinski definition) is 2. The van der Waals surface area contributed by atoms with Crippen LogP contribution in [0.3, 0.4) is 0 Å². The predicted molar refractivity (Wildman–Crippen MR) is 112 cm³/mol. The minimum absolute atomic E-state index is 0.310. The zero-order chi connectivity index (χ0) is 19.5. The summed E-state index contributed by atoms with van der Waals surface area (Å²) < 4.78 is 0. The van der Waals surface area contributed by atoms with Crippen molar-refractivity contribution >= 4 is 5.91 Å².